The molecule has 1 amide bonds. The van der Waals surface area contributed by atoms with Gasteiger partial charge in [-0.1, -0.05) is 13.8 Å². The van der Waals surface area contributed by atoms with Gasteiger partial charge in [0.05, 0.1) is 11.9 Å². The molecule has 1 aromatic rings. The van der Waals surface area contributed by atoms with Crippen molar-refractivity contribution in [3.8, 4) is 0 Å². The Bertz CT molecular complexity index is 494. The topological polar surface area (TPSA) is 66.9 Å². The number of nitrogens with one attached hydrogen (secondary N) is 2. The Morgan fingerprint density at radius 3 is 2.62 bits per heavy atom. The van der Waals surface area contributed by atoms with E-state index in [4.69, 9.17) is 0 Å². The largest absolute Gasteiger partial charge is 0.441 e. The SMILES string of the molecule is CNc1cnc(C(C)C)nc1C(=O)NCCSC(F)(F)F. The number of thioether (sulfide) groups is 1. The third kappa shape index (κ3) is 5.78. The Morgan fingerprint density at radius 1 is 1.43 bits per heavy atom. The van der Waals surface area contributed by atoms with E-state index < -0.39 is 11.4 Å². The molecule has 0 aliphatic heterocycles. The Labute approximate surface area is 125 Å². The van der Waals surface area contributed by atoms with Gasteiger partial charge < -0.3 is 10.6 Å². The van der Waals surface area contributed by atoms with Crippen molar-refractivity contribution in [1.82, 2.24) is 15.3 Å². The fourth-order valence-corrected chi connectivity index (χ4v) is 1.88. The number of nitrogens with zero attached hydrogens (tertiary/aromatic N) is 2. The first-order valence-electron chi connectivity index (χ1n) is 6.28. The smallest absolute Gasteiger partial charge is 0.385 e. The molecule has 0 unspecified atom stereocenters. The van der Waals surface area contributed by atoms with Gasteiger partial charge in [0.15, 0.2) is 5.69 Å². The second kappa shape index (κ2) is 7.48. The lowest BCUT2D eigenvalue weighted by molar-refractivity contribution is -0.0327. The number of carbonyl (C=O) groups is 1. The highest BCUT2D eigenvalue weighted by molar-refractivity contribution is 8.00. The summed E-state index contributed by atoms with van der Waals surface area (Å²) in [4.78, 5) is 20.3. The number of alkyl halides is 3. The maximum Gasteiger partial charge on any atom is 0.441 e. The van der Waals surface area contributed by atoms with Gasteiger partial charge in [-0.25, -0.2) is 9.97 Å². The molecule has 0 saturated heterocycles. The van der Waals surface area contributed by atoms with Crippen molar-refractivity contribution in [2.75, 3.05) is 24.7 Å². The van der Waals surface area contributed by atoms with E-state index >= 15 is 0 Å². The summed E-state index contributed by atoms with van der Waals surface area (Å²) in [6.07, 6.45) is 1.49. The summed E-state index contributed by atoms with van der Waals surface area (Å²) in [7, 11) is 1.62. The maximum absolute atomic E-state index is 12.0. The highest BCUT2D eigenvalue weighted by Gasteiger charge is 2.27. The first-order valence-corrected chi connectivity index (χ1v) is 7.26. The van der Waals surface area contributed by atoms with Gasteiger partial charge >= 0.3 is 5.51 Å². The van der Waals surface area contributed by atoms with Crippen LogP contribution in [0.5, 0.6) is 0 Å². The van der Waals surface area contributed by atoms with Crippen molar-refractivity contribution >= 4 is 23.4 Å². The molecule has 0 aliphatic rings. The number of halogens is 3. The summed E-state index contributed by atoms with van der Waals surface area (Å²) >= 11 is -0.174. The van der Waals surface area contributed by atoms with Gasteiger partial charge in [0.1, 0.15) is 5.82 Å². The molecule has 9 heteroatoms. The van der Waals surface area contributed by atoms with E-state index in [1.807, 2.05) is 13.8 Å². The molecule has 0 bridgehead atoms. The second-order valence-corrected chi connectivity index (χ2v) is 5.61. The van der Waals surface area contributed by atoms with Crippen LogP contribution < -0.4 is 10.6 Å². The molecule has 0 aliphatic carbocycles. The lowest BCUT2D eigenvalue weighted by Crippen LogP contribution is -2.28. The van der Waals surface area contributed by atoms with E-state index in [0.29, 0.717) is 11.5 Å². The van der Waals surface area contributed by atoms with Crippen molar-refractivity contribution in [3.63, 3.8) is 0 Å². The summed E-state index contributed by atoms with van der Waals surface area (Å²) in [6, 6.07) is 0. The summed E-state index contributed by atoms with van der Waals surface area (Å²) in [6.45, 7) is 3.68. The van der Waals surface area contributed by atoms with Crippen LogP contribution in [-0.2, 0) is 0 Å². The monoisotopic (exact) mass is 322 g/mol. The average molecular weight is 322 g/mol. The van der Waals surface area contributed by atoms with Crippen LogP contribution in [0.1, 0.15) is 36.1 Å². The van der Waals surface area contributed by atoms with Crippen molar-refractivity contribution in [2.24, 2.45) is 0 Å². The molecule has 0 fully saturated rings. The van der Waals surface area contributed by atoms with E-state index in [1.165, 1.54) is 6.20 Å². The first-order chi connectivity index (χ1) is 9.74. The third-order valence-corrected chi connectivity index (χ3v) is 3.20. The molecular weight excluding hydrogens is 305 g/mol. The van der Waals surface area contributed by atoms with Crippen LogP contribution in [0.2, 0.25) is 0 Å². The molecule has 0 spiro atoms. The highest BCUT2D eigenvalue weighted by Crippen LogP contribution is 2.29. The van der Waals surface area contributed by atoms with Gasteiger partial charge in [-0.2, -0.15) is 13.2 Å². The molecular formula is C12H17F3N4OS. The van der Waals surface area contributed by atoms with Gasteiger partial charge in [-0.15, -0.1) is 0 Å². The highest BCUT2D eigenvalue weighted by atomic mass is 32.2. The fraction of sp³-hybridized carbons (Fsp3) is 0.583. The average Bonchev–Trinajstić information content (AvgIpc) is 2.41. The van der Waals surface area contributed by atoms with Gasteiger partial charge in [0.2, 0.25) is 0 Å². The molecule has 1 aromatic heterocycles. The van der Waals surface area contributed by atoms with E-state index in [1.54, 1.807) is 7.05 Å². The lowest BCUT2D eigenvalue weighted by Gasteiger charge is -2.12. The van der Waals surface area contributed by atoms with Gasteiger partial charge in [-0.05, 0) is 11.8 Å². The number of carbonyl (C=O) groups excluding carboxylic acids is 1. The molecule has 0 saturated carbocycles. The standard InChI is InChI=1S/C12H17F3N4OS/c1-7(2)10-18-6-8(16-3)9(19-10)11(20)17-4-5-21-12(13,14)15/h6-7,16H,4-5H2,1-3H3,(H,17,20). The van der Waals surface area contributed by atoms with E-state index in [0.717, 1.165) is 0 Å². The van der Waals surface area contributed by atoms with Gasteiger partial charge in [0.25, 0.3) is 5.91 Å². The van der Waals surface area contributed by atoms with Crippen LogP contribution in [0.15, 0.2) is 6.20 Å². The zero-order chi connectivity index (χ0) is 16.0. The van der Waals surface area contributed by atoms with Crippen LogP contribution in [-0.4, -0.2) is 40.7 Å². The number of hydrogen-bond acceptors (Lipinski definition) is 5. The van der Waals surface area contributed by atoms with Crippen LogP contribution in [0, 0.1) is 0 Å². The second-order valence-electron chi connectivity index (χ2n) is 4.45. The molecule has 0 radical (unpaired) electrons. The Morgan fingerprint density at radius 2 is 2.10 bits per heavy atom. The lowest BCUT2D eigenvalue weighted by atomic mass is 10.2. The van der Waals surface area contributed by atoms with Crippen molar-refractivity contribution < 1.29 is 18.0 Å². The van der Waals surface area contributed by atoms with Crippen molar-refractivity contribution in [1.29, 1.82) is 0 Å². The predicted molar refractivity (Wildman–Crippen MR) is 76.5 cm³/mol. The minimum atomic E-state index is -4.29. The van der Waals surface area contributed by atoms with Crippen molar-refractivity contribution in [2.45, 2.75) is 25.3 Å². The molecule has 0 aromatic carbocycles. The molecule has 1 rings (SSSR count). The number of amides is 1. The number of hydrogen-bond donors (Lipinski definition) is 2. The quantitative estimate of drug-likeness (QED) is 0.788. The van der Waals surface area contributed by atoms with Crippen LogP contribution in [0.3, 0.4) is 0 Å². The number of anilines is 1. The summed E-state index contributed by atoms with van der Waals surface area (Å²) < 4.78 is 35.9. The van der Waals surface area contributed by atoms with Crippen LogP contribution >= 0.6 is 11.8 Å². The summed E-state index contributed by atoms with van der Waals surface area (Å²) in [5, 5.41) is 5.21. The molecule has 21 heavy (non-hydrogen) atoms. The Balaban J connectivity index is 2.70. The molecule has 118 valence electrons. The Hall–Kier alpha value is -1.51. The van der Waals surface area contributed by atoms with Gasteiger partial charge in [0, 0.05) is 25.3 Å². The maximum atomic E-state index is 12.0. The van der Waals surface area contributed by atoms with Crippen LogP contribution in [0.4, 0.5) is 18.9 Å². The van der Waals surface area contributed by atoms with Crippen LogP contribution in [0.25, 0.3) is 0 Å². The molecule has 5 nitrogen and oxygen atoms in total. The van der Waals surface area contributed by atoms with E-state index in [-0.39, 0.29) is 35.7 Å². The predicted octanol–water partition coefficient (Wildman–Crippen LogP) is 2.62. The fourth-order valence-electron chi connectivity index (χ4n) is 1.44. The zero-order valence-corrected chi connectivity index (χ0v) is 12.7. The minimum Gasteiger partial charge on any atom is -0.385 e. The Kier molecular flexibility index (Phi) is 6.25. The summed E-state index contributed by atoms with van der Waals surface area (Å²) in [5.74, 6) is -0.217. The normalized spacial score (nSPS) is 11.6. The summed E-state index contributed by atoms with van der Waals surface area (Å²) in [5.41, 5.74) is -3.73. The van der Waals surface area contributed by atoms with Gasteiger partial charge in [-0.3, -0.25) is 4.79 Å². The minimum absolute atomic E-state index is 0.0447. The number of aromatic nitrogens is 2. The number of rotatable bonds is 6. The first kappa shape index (κ1) is 17.5. The molecule has 2 N–H and O–H groups in total. The van der Waals surface area contributed by atoms with Crippen molar-refractivity contribution in [3.05, 3.63) is 17.7 Å². The van der Waals surface area contributed by atoms with E-state index in [9.17, 15) is 18.0 Å². The third-order valence-electron chi connectivity index (χ3n) is 2.46. The molecule has 1 heterocycles. The zero-order valence-electron chi connectivity index (χ0n) is 11.9. The van der Waals surface area contributed by atoms with E-state index in [2.05, 4.69) is 20.6 Å². The molecule has 0 atom stereocenters.